The second kappa shape index (κ2) is 5.93. The van der Waals surface area contributed by atoms with Crippen LogP contribution >= 0.6 is 0 Å². The van der Waals surface area contributed by atoms with Crippen molar-refractivity contribution in [3.05, 3.63) is 54.6 Å². The molecule has 0 aliphatic rings. The summed E-state index contributed by atoms with van der Waals surface area (Å²) < 4.78 is 36.1. The van der Waals surface area contributed by atoms with E-state index in [2.05, 4.69) is 9.97 Å². The number of aromatic nitrogens is 2. The topological polar surface area (TPSA) is 48.2 Å². The van der Waals surface area contributed by atoms with Gasteiger partial charge in [0, 0.05) is 23.4 Å². The molecule has 0 radical (unpaired) electrons. The van der Waals surface area contributed by atoms with E-state index in [4.69, 9.17) is 9.15 Å². The lowest BCUT2D eigenvalue weighted by molar-refractivity contribution is 0.116. The van der Waals surface area contributed by atoms with Gasteiger partial charge >= 0.3 is 6.43 Å². The van der Waals surface area contributed by atoms with Crippen molar-refractivity contribution in [2.75, 3.05) is 7.11 Å². The van der Waals surface area contributed by atoms with Crippen LogP contribution in [0.2, 0.25) is 0 Å². The molecule has 3 rings (SSSR count). The summed E-state index contributed by atoms with van der Waals surface area (Å²) in [5.41, 5.74) is 1.58. The normalized spacial score (nSPS) is 10.9. The van der Waals surface area contributed by atoms with Gasteiger partial charge in [0.2, 0.25) is 5.88 Å². The van der Waals surface area contributed by atoms with Gasteiger partial charge in [-0.25, -0.2) is 9.97 Å². The molecule has 22 heavy (non-hydrogen) atoms. The number of alkyl halides is 2. The van der Waals surface area contributed by atoms with Crippen molar-refractivity contribution in [2.45, 2.75) is 6.43 Å². The van der Waals surface area contributed by atoms with Gasteiger partial charge in [0.05, 0.1) is 7.11 Å². The highest BCUT2D eigenvalue weighted by Gasteiger charge is 2.22. The highest BCUT2D eigenvalue weighted by atomic mass is 19.3. The molecular weight excluding hydrogens is 290 g/mol. The van der Waals surface area contributed by atoms with E-state index >= 15 is 0 Å². The van der Waals surface area contributed by atoms with E-state index in [-0.39, 0.29) is 0 Å². The molecule has 0 N–H and O–H groups in total. The first-order valence-electron chi connectivity index (χ1n) is 6.53. The monoisotopic (exact) mass is 302 g/mol. The Morgan fingerprint density at radius 1 is 1.05 bits per heavy atom. The number of benzene rings is 1. The van der Waals surface area contributed by atoms with Crippen LogP contribution in [-0.4, -0.2) is 17.1 Å². The van der Waals surface area contributed by atoms with E-state index in [1.807, 2.05) is 6.07 Å². The zero-order chi connectivity index (χ0) is 15.5. The van der Waals surface area contributed by atoms with E-state index in [9.17, 15) is 8.78 Å². The number of methoxy groups -OCH3 is 1. The predicted molar refractivity (Wildman–Crippen MR) is 76.7 cm³/mol. The number of halogens is 2. The average Bonchev–Trinajstić information content (AvgIpc) is 3.01. The van der Waals surface area contributed by atoms with Gasteiger partial charge in [-0.3, -0.25) is 0 Å². The summed E-state index contributed by atoms with van der Waals surface area (Å²) in [4.78, 5) is 7.99. The summed E-state index contributed by atoms with van der Waals surface area (Å²) in [5.74, 6) is 0.120. The van der Waals surface area contributed by atoms with Gasteiger partial charge in [0.1, 0.15) is 5.69 Å². The molecule has 2 aromatic heterocycles. The van der Waals surface area contributed by atoms with Crippen molar-refractivity contribution < 1.29 is 17.9 Å². The first kappa shape index (κ1) is 14.2. The van der Waals surface area contributed by atoms with Crippen LogP contribution < -0.4 is 4.74 Å². The van der Waals surface area contributed by atoms with Crippen molar-refractivity contribution in [1.29, 1.82) is 0 Å². The molecule has 0 saturated carbocycles. The van der Waals surface area contributed by atoms with Gasteiger partial charge in [0.15, 0.2) is 5.76 Å². The largest absolute Gasteiger partial charge is 0.481 e. The van der Waals surface area contributed by atoms with Crippen molar-refractivity contribution in [2.24, 2.45) is 0 Å². The Labute approximate surface area is 125 Å². The van der Waals surface area contributed by atoms with Gasteiger partial charge in [0.25, 0.3) is 5.89 Å². The Kier molecular flexibility index (Phi) is 3.82. The van der Waals surface area contributed by atoms with Crippen molar-refractivity contribution >= 4 is 0 Å². The summed E-state index contributed by atoms with van der Waals surface area (Å²) in [6.07, 6.45) is -1.26. The highest BCUT2D eigenvalue weighted by Crippen LogP contribution is 2.35. The number of nitrogens with zero attached hydrogens (tertiary/aromatic N) is 2. The van der Waals surface area contributed by atoms with E-state index in [1.54, 1.807) is 36.4 Å². The minimum Gasteiger partial charge on any atom is -0.481 e. The third-order valence-electron chi connectivity index (χ3n) is 3.09. The van der Waals surface area contributed by atoms with Crippen molar-refractivity contribution in [3.8, 4) is 28.5 Å². The van der Waals surface area contributed by atoms with Crippen LogP contribution in [0.4, 0.5) is 8.78 Å². The first-order valence-corrected chi connectivity index (χ1v) is 6.53. The average molecular weight is 302 g/mol. The standard InChI is InChI=1S/C16H12F2N2O2/c1-21-12-8-7-11(9-19-12)13-14(10-5-3-2-4-6-10)22-16(20-13)15(17)18/h2-9,15H,1H3. The summed E-state index contributed by atoms with van der Waals surface area (Å²) in [7, 11) is 1.50. The van der Waals surface area contributed by atoms with E-state index in [1.165, 1.54) is 13.3 Å². The Morgan fingerprint density at radius 3 is 2.41 bits per heavy atom. The molecule has 0 saturated heterocycles. The number of rotatable bonds is 4. The zero-order valence-corrected chi connectivity index (χ0v) is 11.7. The molecular formula is C16H12F2N2O2. The van der Waals surface area contributed by atoms with Gasteiger partial charge < -0.3 is 9.15 Å². The van der Waals surface area contributed by atoms with Crippen LogP contribution in [0.25, 0.3) is 22.6 Å². The van der Waals surface area contributed by atoms with E-state index in [0.29, 0.717) is 28.5 Å². The summed E-state index contributed by atoms with van der Waals surface area (Å²) in [6, 6.07) is 12.3. The number of ether oxygens (including phenoxy) is 1. The molecule has 0 amide bonds. The smallest absolute Gasteiger partial charge is 0.313 e. The maximum Gasteiger partial charge on any atom is 0.313 e. The number of oxazole rings is 1. The maximum atomic E-state index is 12.9. The van der Waals surface area contributed by atoms with Crippen LogP contribution in [0.3, 0.4) is 0 Å². The molecule has 0 aliphatic carbocycles. The van der Waals surface area contributed by atoms with Crippen LogP contribution in [-0.2, 0) is 0 Å². The van der Waals surface area contributed by atoms with Crippen LogP contribution in [0, 0.1) is 0 Å². The molecule has 0 spiro atoms. The Bertz CT molecular complexity index is 756. The lowest BCUT2D eigenvalue weighted by Crippen LogP contribution is -1.89. The number of hydrogen-bond acceptors (Lipinski definition) is 4. The second-order valence-electron chi connectivity index (χ2n) is 4.49. The molecule has 1 aromatic carbocycles. The highest BCUT2D eigenvalue weighted by molar-refractivity contribution is 5.76. The minimum absolute atomic E-state index is 0.294. The third kappa shape index (κ3) is 2.67. The number of hydrogen-bond donors (Lipinski definition) is 0. The fraction of sp³-hybridized carbons (Fsp3) is 0.125. The zero-order valence-electron chi connectivity index (χ0n) is 11.7. The number of pyridine rings is 1. The van der Waals surface area contributed by atoms with Crippen LogP contribution in [0.5, 0.6) is 5.88 Å². The molecule has 112 valence electrons. The first-order chi connectivity index (χ1) is 10.7. The molecule has 3 aromatic rings. The molecule has 2 heterocycles. The van der Waals surface area contributed by atoms with Crippen LogP contribution in [0.1, 0.15) is 12.3 Å². The van der Waals surface area contributed by atoms with Crippen molar-refractivity contribution in [3.63, 3.8) is 0 Å². The fourth-order valence-electron chi connectivity index (χ4n) is 2.05. The van der Waals surface area contributed by atoms with Gasteiger partial charge in [-0.1, -0.05) is 30.3 Å². The quantitative estimate of drug-likeness (QED) is 0.719. The Hall–Kier alpha value is -2.76. The molecule has 0 bridgehead atoms. The van der Waals surface area contributed by atoms with Crippen molar-refractivity contribution in [1.82, 2.24) is 9.97 Å². The van der Waals surface area contributed by atoms with Gasteiger partial charge in [-0.05, 0) is 6.07 Å². The molecule has 4 nitrogen and oxygen atoms in total. The van der Waals surface area contributed by atoms with E-state index in [0.717, 1.165) is 0 Å². The lowest BCUT2D eigenvalue weighted by atomic mass is 10.1. The minimum atomic E-state index is -2.78. The van der Waals surface area contributed by atoms with Gasteiger partial charge in [-0.2, -0.15) is 8.78 Å². The maximum absolute atomic E-state index is 12.9. The SMILES string of the molecule is COc1ccc(-c2nc(C(F)F)oc2-c2ccccc2)cn1. The van der Waals surface area contributed by atoms with E-state index < -0.39 is 12.3 Å². The molecule has 0 fully saturated rings. The van der Waals surface area contributed by atoms with Crippen LogP contribution in [0.15, 0.2) is 53.1 Å². The predicted octanol–water partition coefficient (Wildman–Crippen LogP) is 4.35. The summed E-state index contributed by atoms with van der Waals surface area (Å²) in [6.45, 7) is 0. The summed E-state index contributed by atoms with van der Waals surface area (Å²) >= 11 is 0. The third-order valence-corrected chi connectivity index (χ3v) is 3.09. The molecule has 0 atom stereocenters. The fourth-order valence-corrected chi connectivity index (χ4v) is 2.05. The molecule has 0 unspecified atom stereocenters. The van der Waals surface area contributed by atoms with Gasteiger partial charge in [-0.15, -0.1) is 0 Å². The molecule has 0 aliphatic heterocycles. The Balaban J connectivity index is 2.12. The second-order valence-corrected chi connectivity index (χ2v) is 4.49. The summed E-state index contributed by atoms with van der Waals surface area (Å²) in [5, 5.41) is 0. The lowest BCUT2D eigenvalue weighted by Gasteiger charge is -2.02. The Morgan fingerprint density at radius 2 is 1.82 bits per heavy atom. The molecule has 6 heteroatoms.